The van der Waals surface area contributed by atoms with Crippen LogP contribution in [0.1, 0.15) is 6.42 Å². The molecule has 12 heavy (non-hydrogen) atoms. The fourth-order valence-corrected chi connectivity index (χ4v) is 1.37. The lowest BCUT2D eigenvalue weighted by atomic mass is 10.2. The standard InChI is InChI=1S/C7H15N3O2/c8-1-2-9-5-3-6(7(11)12)10-4-5/h5-6,9-10H,1-4,8H2,(H,11,12). The molecular weight excluding hydrogens is 158 g/mol. The lowest BCUT2D eigenvalue weighted by Crippen LogP contribution is -2.34. The van der Waals surface area contributed by atoms with Gasteiger partial charge in [0.1, 0.15) is 6.04 Å². The van der Waals surface area contributed by atoms with Crippen LogP contribution in [-0.2, 0) is 4.79 Å². The molecule has 0 amide bonds. The zero-order chi connectivity index (χ0) is 8.97. The van der Waals surface area contributed by atoms with Crippen molar-refractivity contribution in [1.29, 1.82) is 0 Å². The van der Waals surface area contributed by atoms with Gasteiger partial charge in [-0.2, -0.15) is 0 Å². The van der Waals surface area contributed by atoms with Crippen LogP contribution in [0.15, 0.2) is 0 Å². The summed E-state index contributed by atoms with van der Waals surface area (Å²) < 4.78 is 0. The van der Waals surface area contributed by atoms with Crippen molar-refractivity contribution in [2.75, 3.05) is 19.6 Å². The molecule has 1 aliphatic heterocycles. The van der Waals surface area contributed by atoms with Crippen molar-refractivity contribution in [2.45, 2.75) is 18.5 Å². The Morgan fingerprint density at radius 1 is 1.75 bits per heavy atom. The van der Waals surface area contributed by atoms with Gasteiger partial charge in [-0.05, 0) is 6.42 Å². The fraction of sp³-hybridized carbons (Fsp3) is 0.857. The van der Waals surface area contributed by atoms with Gasteiger partial charge in [-0.15, -0.1) is 0 Å². The van der Waals surface area contributed by atoms with Crippen molar-refractivity contribution in [1.82, 2.24) is 10.6 Å². The maximum Gasteiger partial charge on any atom is 0.320 e. The largest absolute Gasteiger partial charge is 0.480 e. The second-order valence-electron chi connectivity index (χ2n) is 2.97. The molecule has 1 aliphatic rings. The Balaban J connectivity index is 2.21. The Morgan fingerprint density at radius 3 is 3.00 bits per heavy atom. The van der Waals surface area contributed by atoms with Gasteiger partial charge in [-0.3, -0.25) is 4.79 Å². The highest BCUT2D eigenvalue weighted by atomic mass is 16.4. The molecule has 0 aromatic rings. The second-order valence-corrected chi connectivity index (χ2v) is 2.97. The number of rotatable bonds is 4. The molecule has 0 spiro atoms. The first-order chi connectivity index (χ1) is 5.74. The molecule has 2 unspecified atom stereocenters. The summed E-state index contributed by atoms with van der Waals surface area (Å²) in [5, 5.41) is 14.7. The molecule has 1 heterocycles. The van der Waals surface area contributed by atoms with Gasteiger partial charge in [0.2, 0.25) is 0 Å². The zero-order valence-electron chi connectivity index (χ0n) is 6.92. The molecule has 0 radical (unpaired) electrons. The van der Waals surface area contributed by atoms with E-state index in [-0.39, 0.29) is 12.1 Å². The lowest BCUT2D eigenvalue weighted by Gasteiger charge is -2.09. The van der Waals surface area contributed by atoms with Crippen molar-refractivity contribution < 1.29 is 9.90 Å². The molecular formula is C7H15N3O2. The third kappa shape index (κ3) is 2.44. The number of nitrogens with one attached hydrogen (secondary N) is 2. The number of aliphatic carboxylic acids is 1. The molecule has 70 valence electrons. The van der Waals surface area contributed by atoms with E-state index in [1.54, 1.807) is 0 Å². The maximum absolute atomic E-state index is 10.5. The smallest absolute Gasteiger partial charge is 0.320 e. The Labute approximate surface area is 71.3 Å². The average Bonchev–Trinajstić information content (AvgIpc) is 2.48. The minimum atomic E-state index is -0.771. The number of carboxylic acids is 1. The van der Waals surface area contributed by atoms with E-state index < -0.39 is 5.97 Å². The first-order valence-electron chi connectivity index (χ1n) is 4.13. The maximum atomic E-state index is 10.5. The van der Waals surface area contributed by atoms with Crippen LogP contribution in [0.3, 0.4) is 0 Å². The van der Waals surface area contributed by atoms with E-state index >= 15 is 0 Å². The molecule has 1 fully saturated rings. The molecule has 0 aromatic carbocycles. The summed E-state index contributed by atoms with van der Waals surface area (Å²) in [7, 11) is 0. The van der Waals surface area contributed by atoms with E-state index in [9.17, 15) is 4.79 Å². The minimum Gasteiger partial charge on any atom is -0.480 e. The zero-order valence-corrected chi connectivity index (χ0v) is 6.92. The molecule has 5 heteroatoms. The molecule has 1 rings (SSSR count). The normalized spacial score (nSPS) is 29.1. The van der Waals surface area contributed by atoms with Crippen LogP contribution in [0.2, 0.25) is 0 Å². The molecule has 0 bridgehead atoms. The third-order valence-electron chi connectivity index (χ3n) is 2.01. The molecule has 1 saturated heterocycles. The second kappa shape index (κ2) is 4.39. The predicted octanol–water partition coefficient (Wildman–Crippen LogP) is -1.65. The quantitative estimate of drug-likeness (QED) is 0.409. The Kier molecular flexibility index (Phi) is 3.46. The van der Waals surface area contributed by atoms with Crippen LogP contribution in [0.5, 0.6) is 0 Å². The van der Waals surface area contributed by atoms with E-state index in [1.807, 2.05) is 0 Å². The highest BCUT2D eigenvalue weighted by Crippen LogP contribution is 2.05. The van der Waals surface area contributed by atoms with Gasteiger partial charge in [0.25, 0.3) is 0 Å². The summed E-state index contributed by atoms with van der Waals surface area (Å²) in [6.45, 7) is 2.06. The van der Waals surface area contributed by atoms with Gasteiger partial charge in [0.05, 0.1) is 0 Å². The van der Waals surface area contributed by atoms with Crippen LogP contribution in [0.25, 0.3) is 0 Å². The lowest BCUT2D eigenvalue weighted by molar-refractivity contribution is -0.139. The molecule has 0 aliphatic carbocycles. The molecule has 0 saturated carbocycles. The van der Waals surface area contributed by atoms with Crippen molar-refractivity contribution >= 4 is 5.97 Å². The summed E-state index contributed by atoms with van der Waals surface area (Å²) in [5.41, 5.74) is 5.30. The van der Waals surface area contributed by atoms with Gasteiger partial charge < -0.3 is 21.5 Å². The van der Waals surface area contributed by atoms with E-state index in [4.69, 9.17) is 10.8 Å². The predicted molar refractivity (Wildman–Crippen MR) is 44.9 cm³/mol. The molecule has 0 aromatic heterocycles. The van der Waals surface area contributed by atoms with Gasteiger partial charge in [0.15, 0.2) is 0 Å². The Hall–Kier alpha value is -0.650. The highest BCUT2D eigenvalue weighted by Gasteiger charge is 2.28. The summed E-state index contributed by atoms with van der Waals surface area (Å²) >= 11 is 0. The van der Waals surface area contributed by atoms with Gasteiger partial charge in [-0.1, -0.05) is 0 Å². The minimum absolute atomic E-state index is 0.259. The van der Waals surface area contributed by atoms with E-state index in [1.165, 1.54) is 0 Å². The van der Waals surface area contributed by atoms with Crippen molar-refractivity contribution in [3.8, 4) is 0 Å². The van der Waals surface area contributed by atoms with Crippen LogP contribution in [0, 0.1) is 0 Å². The number of nitrogens with two attached hydrogens (primary N) is 1. The molecule has 5 nitrogen and oxygen atoms in total. The van der Waals surface area contributed by atoms with Crippen LogP contribution < -0.4 is 16.4 Å². The number of carboxylic acid groups (broad SMARTS) is 1. The summed E-state index contributed by atoms with van der Waals surface area (Å²) in [6.07, 6.45) is 0.648. The van der Waals surface area contributed by atoms with E-state index in [0.29, 0.717) is 13.0 Å². The Bertz CT molecular complexity index is 163. The van der Waals surface area contributed by atoms with Crippen LogP contribution >= 0.6 is 0 Å². The number of hydrogen-bond acceptors (Lipinski definition) is 4. The first kappa shape index (κ1) is 9.44. The Morgan fingerprint density at radius 2 is 2.50 bits per heavy atom. The SMILES string of the molecule is NCCNC1CNC(C(=O)O)C1. The van der Waals surface area contributed by atoms with Crippen LogP contribution in [0.4, 0.5) is 0 Å². The monoisotopic (exact) mass is 173 g/mol. The number of hydrogen-bond donors (Lipinski definition) is 4. The first-order valence-corrected chi connectivity index (χ1v) is 4.13. The summed E-state index contributed by atoms with van der Waals surface area (Å²) in [4.78, 5) is 10.5. The van der Waals surface area contributed by atoms with Crippen LogP contribution in [-0.4, -0.2) is 42.8 Å². The molecule has 5 N–H and O–H groups in total. The van der Waals surface area contributed by atoms with E-state index in [2.05, 4.69) is 10.6 Å². The topological polar surface area (TPSA) is 87.4 Å². The van der Waals surface area contributed by atoms with Gasteiger partial charge in [-0.25, -0.2) is 0 Å². The summed E-state index contributed by atoms with van der Waals surface area (Å²) in [6, 6.07) is -0.130. The van der Waals surface area contributed by atoms with Gasteiger partial charge in [0, 0.05) is 25.7 Å². The van der Waals surface area contributed by atoms with E-state index in [0.717, 1.165) is 13.1 Å². The van der Waals surface area contributed by atoms with Crippen molar-refractivity contribution in [3.63, 3.8) is 0 Å². The number of carbonyl (C=O) groups is 1. The average molecular weight is 173 g/mol. The van der Waals surface area contributed by atoms with Crippen molar-refractivity contribution in [3.05, 3.63) is 0 Å². The molecule has 2 atom stereocenters. The highest BCUT2D eigenvalue weighted by molar-refractivity contribution is 5.73. The third-order valence-corrected chi connectivity index (χ3v) is 2.01. The van der Waals surface area contributed by atoms with Gasteiger partial charge >= 0.3 is 5.97 Å². The summed E-state index contributed by atoms with van der Waals surface area (Å²) in [5.74, 6) is -0.771. The fourth-order valence-electron chi connectivity index (χ4n) is 1.37. The van der Waals surface area contributed by atoms with Crippen molar-refractivity contribution in [2.24, 2.45) is 5.73 Å².